The van der Waals surface area contributed by atoms with Gasteiger partial charge in [0.05, 0.1) is 13.7 Å². The van der Waals surface area contributed by atoms with Crippen molar-refractivity contribution in [2.24, 2.45) is 0 Å². The molecule has 27 heavy (non-hydrogen) atoms. The van der Waals surface area contributed by atoms with Gasteiger partial charge in [0.25, 0.3) is 0 Å². The number of anilines is 1. The van der Waals surface area contributed by atoms with Crippen molar-refractivity contribution in [2.45, 2.75) is 23.6 Å². The molecule has 0 spiro atoms. The van der Waals surface area contributed by atoms with Gasteiger partial charge < -0.3 is 10.1 Å². The van der Waals surface area contributed by atoms with Crippen molar-refractivity contribution < 1.29 is 17.9 Å². The summed E-state index contributed by atoms with van der Waals surface area (Å²) in [6.07, 6.45) is 1.95. The van der Waals surface area contributed by atoms with E-state index in [2.05, 4.69) is 5.32 Å². The quantitative estimate of drug-likeness (QED) is 0.678. The number of methoxy groups -OCH3 is 1. The summed E-state index contributed by atoms with van der Waals surface area (Å²) < 4.78 is 32.4. The van der Waals surface area contributed by atoms with Gasteiger partial charge in [-0.2, -0.15) is 4.31 Å². The minimum atomic E-state index is -3.87. The molecule has 146 valence electrons. The third-order valence-electron chi connectivity index (χ3n) is 3.96. The fraction of sp³-hybridized carbons (Fsp3) is 0.316. The lowest BCUT2D eigenvalue weighted by Gasteiger charge is -2.21. The van der Waals surface area contributed by atoms with E-state index in [-0.39, 0.29) is 23.7 Å². The Hall–Kier alpha value is -2.03. The van der Waals surface area contributed by atoms with Crippen molar-refractivity contribution >= 4 is 33.4 Å². The molecule has 0 aliphatic carbocycles. The average Bonchev–Trinajstić information content (AvgIpc) is 2.66. The van der Waals surface area contributed by atoms with Crippen LogP contribution in [-0.2, 0) is 14.8 Å². The van der Waals surface area contributed by atoms with Crippen LogP contribution in [0.15, 0.2) is 52.3 Å². The number of carbonyl (C=O) groups is 1. The van der Waals surface area contributed by atoms with Crippen molar-refractivity contribution in [2.75, 3.05) is 31.8 Å². The van der Waals surface area contributed by atoms with E-state index < -0.39 is 15.9 Å². The summed E-state index contributed by atoms with van der Waals surface area (Å²) in [4.78, 5) is 13.5. The molecule has 0 radical (unpaired) electrons. The zero-order valence-electron chi connectivity index (χ0n) is 15.9. The number of benzene rings is 2. The highest BCUT2D eigenvalue weighted by molar-refractivity contribution is 7.98. The van der Waals surface area contributed by atoms with Crippen LogP contribution in [0.1, 0.15) is 12.5 Å². The van der Waals surface area contributed by atoms with Crippen LogP contribution in [0.25, 0.3) is 0 Å². The molecule has 0 aliphatic heterocycles. The normalized spacial score (nSPS) is 11.4. The molecule has 8 heteroatoms. The van der Waals surface area contributed by atoms with Crippen LogP contribution in [0.5, 0.6) is 5.75 Å². The van der Waals surface area contributed by atoms with Crippen LogP contribution in [0.3, 0.4) is 0 Å². The number of rotatable bonds is 8. The Morgan fingerprint density at radius 3 is 2.59 bits per heavy atom. The summed E-state index contributed by atoms with van der Waals surface area (Å²) in [6, 6.07) is 12.3. The molecule has 6 nitrogen and oxygen atoms in total. The van der Waals surface area contributed by atoms with E-state index in [1.165, 1.54) is 7.11 Å². The number of carbonyl (C=O) groups excluding carboxylic acids is 1. The zero-order valence-corrected chi connectivity index (χ0v) is 17.5. The Balaban J connectivity index is 2.22. The molecule has 2 aromatic carbocycles. The van der Waals surface area contributed by atoms with Gasteiger partial charge in [-0.3, -0.25) is 4.79 Å². The van der Waals surface area contributed by atoms with E-state index in [1.807, 2.05) is 24.5 Å². The number of aryl methyl sites for hydroxylation is 1. The maximum Gasteiger partial charge on any atom is 0.247 e. The summed E-state index contributed by atoms with van der Waals surface area (Å²) in [7, 11) is -2.45. The molecular formula is C19H24N2O4S2. The minimum Gasteiger partial charge on any atom is -0.495 e. The zero-order chi connectivity index (χ0) is 20.0. The first kappa shape index (κ1) is 21.3. The van der Waals surface area contributed by atoms with Crippen LogP contribution >= 0.6 is 11.8 Å². The van der Waals surface area contributed by atoms with E-state index in [0.29, 0.717) is 5.69 Å². The highest BCUT2D eigenvalue weighted by Crippen LogP contribution is 2.27. The molecule has 0 fully saturated rings. The molecule has 0 aliphatic rings. The van der Waals surface area contributed by atoms with Gasteiger partial charge in [0.2, 0.25) is 15.9 Å². The lowest BCUT2D eigenvalue weighted by Crippen LogP contribution is -2.38. The molecule has 2 aromatic rings. The number of likely N-dealkylation sites (N-methyl/N-ethyl adjacent to an activating group) is 1. The first-order chi connectivity index (χ1) is 12.8. The maximum atomic E-state index is 13.0. The van der Waals surface area contributed by atoms with E-state index >= 15 is 0 Å². The van der Waals surface area contributed by atoms with Crippen LogP contribution < -0.4 is 10.1 Å². The SMILES string of the molecule is CCN(CC(=O)Nc1cccc(SC)c1)S(=O)(=O)c1cc(C)ccc1OC. The third-order valence-corrected chi connectivity index (χ3v) is 6.63. The number of hydrogen-bond donors (Lipinski definition) is 1. The lowest BCUT2D eigenvalue weighted by atomic mass is 10.2. The summed E-state index contributed by atoms with van der Waals surface area (Å²) in [5.41, 5.74) is 1.43. The monoisotopic (exact) mass is 408 g/mol. The second-order valence-corrected chi connectivity index (χ2v) is 8.65. The first-order valence-corrected chi connectivity index (χ1v) is 11.1. The molecule has 0 atom stereocenters. The van der Waals surface area contributed by atoms with E-state index in [9.17, 15) is 13.2 Å². The molecule has 0 bridgehead atoms. The van der Waals surface area contributed by atoms with Gasteiger partial charge in [-0.1, -0.05) is 19.1 Å². The molecule has 1 amide bonds. The number of thioether (sulfide) groups is 1. The minimum absolute atomic E-state index is 0.0593. The molecule has 0 aromatic heterocycles. The van der Waals surface area contributed by atoms with Crippen LogP contribution in [0.2, 0.25) is 0 Å². The van der Waals surface area contributed by atoms with Gasteiger partial charge in [-0.25, -0.2) is 8.42 Å². The summed E-state index contributed by atoms with van der Waals surface area (Å²) in [6.45, 7) is 3.39. The van der Waals surface area contributed by atoms with Crippen molar-refractivity contribution in [1.82, 2.24) is 4.31 Å². The number of hydrogen-bond acceptors (Lipinski definition) is 5. The predicted molar refractivity (Wildman–Crippen MR) is 109 cm³/mol. The predicted octanol–water partition coefficient (Wildman–Crippen LogP) is 3.37. The van der Waals surface area contributed by atoms with Gasteiger partial charge in [-0.05, 0) is 49.1 Å². The van der Waals surface area contributed by atoms with E-state index in [0.717, 1.165) is 14.8 Å². The number of sulfonamides is 1. The van der Waals surface area contributed by atoms with Gasteiger partial charge in [0.15, 0.2) is 0 Å². The topological polar surface area (TPSA) is 75.7 Å². The van der Waals surface area contributed by atoms with Crippen LogP contribution in [0.4, 0.5) is 5.69 Å². The second-order valence-electron chi connectivity index (χ2n) is 5.87. The van der Waals surface area contributed by atoms with E-state index in [1.54, 1.807) is 49.9 Å². The summed E-state index contributed by atoms with van der Waals surface area (Å²) in [5, 5.41) is 2.76. The molecule has 0 unspecified atom stereocenters. The molecule has 2 rings (SSSR count). The fourth-order valence-corrected chi connectivity index (χ4v) is 4.66. The van der Waals surface area contributed by atoms with Crippen molar-refractivity contribution in [3.05, 3.63) is 48.0 Å². The number of nitrogens with one attached hydrogen (secondary N) is 1. The summed E-state index contributed by atoms with van der Waals surface area (Å²) in [5.74, 6) is -0.141. The van der Waals surface area contributed by atoms with Crippen molar-refractivity contribution in [3.8, 4) is 5.75 Å². The number of ether oxygens (including phenoxy) is 1. The van der Waals surface area contributed by atoms with E-state index in [4.69, 9.17) is 4.74 Å². The Kier molecular flexibility index (Phi) is 7.29. The highest BCUT2D eigenvalue weighted by Gasteiger charge is 2.28. The van der Waals surface area contributed by atoms with Gasteiger partial charge in [0, 0.05) is 17.1 Å². The number of amides is 1. The van der Waals surface area contributed by atoms with Crippen molar-refractivity contribution in [1.29, 1.82) is 0 Å². The molecule has 0 heterocycles. The van der Waals surface area contributed by atoms with Gasteiger partial charge >= 0.3 is 0 Å². The largest absolute Gasteiger partial charge is 0.495 e. The summed E-state index contributed by atoms with van der Waals surface area (Å²) >= 11 is 1.56. The Labute approximate surface area is 165 Å². The highest BCUT2D eigenvalue weighted by atomic mass is 32.2. The second kappa shape index (κ2) is 9.25. The standard InChI is InChI=1S/C19H24N2O4S2/c1-5-21(13-19(22)20-15-7-6-8-16(12-15)26-4)27(23,24)18-11-14(2)9-10-17(18)25-3/h6-12H,5,13H2,1-4H3,(H,20,22). The average molecular weight is 409 g/mol. The Bertz CT molecular complexity index is 914. The lowest BCUT2D eigenvalue weighted by molar-refractivity contribution is -0.116. The van der Waals surface area contributed by atoms with Gasteiger partial charge in [0.1, 0.15) is 10.6 Å². The van der Waals surface area contributed by atoms with Crippen LogP contribution in [0, 0.1) is 6.92 Å². The van der Waals surface area contributed by atoms with Crippen LogP contribution in [-0.4, -0.2) is 45.1 Å². The maximum absolute atomic E-state index is 13.0. The van der Waals surface area contributed by atoms with Crippen molar-refractivity contribution in [3.63, 3.8) is 0 Å². The Morgan fingerprint density at radius 2 is 1.96 bits per heavy atom. The molecule has 0 saturated heterocycles. The smallest absolute Gasteiger partial charge is 0.247 e. The number of nitrogens with zero attached hydrogens (tertiary/aromatic N) is 1. The third kappa shape index (κ3) is 5.24. The molecule has 1 N–H and O–H groups in total. The first-order valence-electron chi connectivity index (χ1n) is 8.40. The van der Waals surface area contributed by atoms with Gasteiger partial charge in [-0.15, -0.1) is 11.8 Å². The molecular weight excluding hydrogens is 384 g/mol. The fourth-order valence-electron chi connectivity index (χ4n) is 2.55. The molecule has 0 saturated carbocycles. The Morgan fingerprint density at radius 1 is 1.22 bits per heavy atom.